The molecule has 1 aliphatic rings. The van der Waals surface area contributed by atoms with E-state index in [9.17, 15) is 4.79 Å². The Balaban J connectivity index is 1.43. The number of hydrogen-bond donors (Lipinski definition) is 2. The predicted octanol–water partition coefficient (Wildman–Crippen LogP) is 4.46. The molecule has 0 spiro atoms. The van der Waals surface area contributed by atoms with Crippen LogP contribution < -0.4 is 10.2 Å². The van der Waals surface area contributed by atoms with Crippen molar-refractivity contribution < 1.29 is 4.79 Å². The number of nitrogens with zero attached hydrogens (tertiary/aromatic N) is 1. The Morgan fingerprint density at radius 2 is 1.80 bits per heavy atom. The molecular formula is C20H20BrN3O. The summed E-state index contributed by atoms with van der Waals surface area (Å²) in [5, 5.41) is 4.01. The number of anilines is 1. The number of hydrogen-bond acceptors (Lipinski definition) is 2. The molecule has 1 aliphatic heterocycles. The van der Waals surface area contributed by atoms with E-state index in [-0.39, 0.29) is 5.91 Å². The highest BCUT2D eigenvalue weighted by Crippen LogP contribution is 2.27. The summed E-state index contributed by atoms with van der Waals surface area (Å²) in [4.78, 5) is 18.1. The van der Waals surface area contributed by atoms with Gasteiger partial charge in [-0.25, -0.2) is 0 Å². The quantitative estimate of drug-likeness (QED) is 0.682. The number of para-hydroxylation sites is 1. The Labute approximate surface area is 155 Å². The first kappa shape index (κ1) is 16.2. The summed E-state index contributed by atoms with van der Waals surface area (Å²) in [5.41, 5.74) is 3.89. The van der Waals surface area contributed by atoms with E-state index in [2.05, 4.69) is 55.4 Å². The minimum atomic E-state index is -0.105. The minimum absolute atomic E-state index is 0.105. The number of aromatic amines is 1. The van der Waals surface area contributed by atoms with Gasteiger partial charge in [0.05, 0.1) is 4.47 Å². The summed E-state index contributed by atoms with van der Waals surface area (Å²) in [6.45, 7) is 2.80. The largest absolute Gasteiger partial charge is 0.372 e. The van der Waals surface area contributed by atoms with E-state index < -0.39 is 0 Å². The third-order valence-electron chi connectivity index (χ3n) is 4.73. The average molecular weight is 398 g/mol. The Hall–Kier alpha value is -2.27. The van der Waals surface area contributed by atoms with Crippen LogP contribution in [0.15, 0.2) is 53.0 Å². The normalized spacial score (nSPS) is 14.2. The van der Waals surface area contributed by atoms with E-state index in [0.717, 1.165) is 34.0 Å². The van der Waals surface area contributed by atoms with Crippen molar-refractivity contribution in [3.05, 3.63) is 64.3 Å². The van der Waals surface area contributed by atoms with Gasteiger partial charge in [0.15, 0.2) is 0 Å². The first-order valence-electron chi connectivity index (χ1n) is 8.60. The monoisotopic (exact) mass is 397 g/mol. The zero-order valence-corrected chi connectivity index (χ0v) is 15.5. The van der Waals surface area contributed by atoms with Crippen molar-refractivity contribution >= 4 is 38.4 Å². The summed E-state index contributed by atoms with van der Waals surface area (Å²) < 4.78 is 0.810. The summed E-state index contributed by atoms with van der Waals surface area (Å²) in [7, 11) is 0. The van der Waals surface area contributed by atoms with Gasteiger partial charge in [0.1, 0.15) is 5.69 Å². The lowest BCUT2D eigenvalue weighted by Gasteiger charge is -2.17. The van der Waals surface area contributed by atoms with Crippen molar-refractivity contribution in [2.45, 2.75) is 19.4 Å². The molecule has 2 heterocycles. The van der Waals surface area contributed by atoms with Crippen molar-refractivity contribution in [3.8, 4) is 0 Å². The molecule has 1 saturated heterocycles. The van der Waals surface area contributed by atoms with Gasteiger partial charge in [-0.15, -0.1) is 0 Å². The lowest BCUT2D eigenvalue weighted by Crippen LogP contribution is -2.23. The van der Waals surface area contributed by atoms with E-state index >= 15 is 0 Å². The van der Waals surface area contributed by atoms with Gasteiger partial charge in [-0.1, -0.05) is 30.3 Å². The van der Waals surface area contributed by atoms with Crippen LogP contribution in [-0.4, -0.2) is 24.0 Å². The fraction of sp³-hybridized carbons (Fsp3) is 0.250. The maximum Gasteiger partial charge on any atom is 0.269 e. The fourth-order valence-electron chi connectivity index (χ4n) is 3.33. The molecule has 1 fully saturated rings. The number of carbonyl (C=O) groups is 1. The molecule has 2 aromatic carbocycles. The van der Waals surface area contributed by atoms with Gasteiger partial charge in [0.25, 0.3) is 5.91 Å². The number of benzene rings is 2. The number of halogens is 1. The SMILES string of the molecule is O=C(NCc1ccc(N2CCCC2)cc1)c1[nH]c2ccccc2c1Br. The molecule has 3 aromatic rings. The number of fused-ring (bicyclic) bond motifs is 1. The van der Waals surface area contributed by atoms with Gasteiger partial charge >= 0.3 is 0 Å². The minimum Gasteiger partial charge on any atom is -0.372 e. The molecule has 2 N–H and O–H groups in total. The predicted molar refractivity (Wildman–Crippen MR) is 105 cm³/mol. The van der Waals surface area contributed by atoms with Crippen LogP contribution >= 0.6 is 15.9 Å². The summed E-state index contributed by atoms with van der Waals surface area (Å²) in [6, 6.07) is 16.3. The maximum atomic E-state index is 12.5. The van der Waals surface area contributed by atoms with Gasteiger partial charge in [-0.05, 0) is 52.5 Å². The highest BCUT2D eigenvalue weighted by Gasteiger charge is 2.16. The Morgan fingerprint density at radius 1 is 1.08 bits per heavy atom. The number of aromatic nitrogens is 1. The Bertz CT molecular complexity index is 895. The first-order chi connectivity index (χ1) is 12.2. The Kier molecular flexibility index (Phi) is 4.49. The lowest BCUT2D eigenvalue weighted by molar-refractivity contribution is 0.0946. The second-order valence-electron chi connectivity index (χ2n) is 6.40. The van der Waals surface area contributed by atoms with Crippen LogP contribution in [0.1, 0.15) is 28.9 Å². The molecule has 4 nitrogen and oxygen atoms in total. The standard InChI is InChI=1S/C20H20BrN3O/c21-18-16-5-1-2-6-17(16)23-19(18)20(25)22-13-14-7-9-15(10-8-14)24-11-3-4-12-24/h1-2,5-10,23H,3-4,11-13H2,(H,22,25). The molecule has 128 valence electrons. The van der Waals surface area contributed by atoms with E-state index in [0.29, 0.717) is 12.2 Å². The number of amides is 1. The first-order valence-corrected chi connectivity index (χ1v) is 9.40. The summed E-state index contributed by atoms with van der Waals surface area (Å²) in [5.74, 6) is -0.105. The second-order valence-corrected chi connectivity index (χ2v) is 7.20. The average Bonchev–Trinajstić information content (AvgIpc) is 3.29. The van der Waals surface area contributed by atoms with Gasteiger partial charge in [0.2, 0.25) is 0 Å². The smallest absolute Gasteiger partial charge is 0.269 e. The summed E-state index contributed by atoms with van der Waals surface area (Å²) >= 11 is 3.53. The maximum absolute atomic E-state index is 12.5. The molecule has 5 heteroatoms. The number of H-pyrrole nitrogens is 1. The van der Waals surface area contributed by atoms with E-state index in [4.69, 9.17) is 0 Å². The van der Waals surface area contributed by atoms with Crippen LogP contribution in [-0.2, 0) is 6.54 Å². The topological polar surface area (TPSA) is 48.1 Å². The molecule has 25 heavy (non-hydrogen) atoms. The van der Waals surface area contributed by atoms with E-state index in [1.54, 1.807) is 0 Å². The van der Waals surface area contributed by atoms with Crippen LogP contribution in [0.5, 0.6) is 0 Å². The van der Waals surface area contributed by atoms with Crippen molar-refractivity contribution in [1.29, 1.82) is 0 Å². The van der Waals surface area contributed by atoms with E-state index in [1.165, 1.54) is 18.5 Å². The van der Waals surface area contributed by atoms with Gasteiger partial charge in [-0.3, -0.25) is 4.79 Å². The van der Waals surface area contributed by atoms with E-state index in [1.807, 2.05) is 24.3 Å². The van der Waals surface area contributed by atoms with Gasteiger partial charge < -0.3 is 15.2 Å². The molecule has 0 atom stereocenters. The molecule has 0 saturated carbocycles. The summed E-state index contributed by atoms with van der Waals surface area (Å²) in [6.07, 6.45) is 2.55. The molecule has 0 bridgehead atoms. The molecule has 0 aliphatic carbocycles. The number of rotatable bonds is 4. The number of nitrogens with one attached hydrogen (secondary N) is 2. The van der Waals surface area contributed by atoms with Crippen LogP contribution in [0.25, 0.3) is 10.9 Å². The van der Waals surface area contributed by atoms with Gasteiger partial charge in [-0.2, -0.15) is 0 Å². The Morgan fingerprint density at radius 3 is 2.52 bits per heavy atom. The fourth-order valence-corrected chi connectivity index (χ4v) is 3.96. The van der Waals surface area contributed by atoms with Crippen molar-refractivity contribution in [3.63, 3.8) is 0 Å². The molecule has 4 rings (SSSR count). The van der Waals surface area contributed by atoms with Crippen molar-refractivity contribution in [2.75, 3.05) is 18.0 Å². The molecular weight excluding hydrogens is 378 g/mol. The van der Waals surface area contributed by atoms with Crippen molar-refractivity contribution in [2.24, 2.45) is 0 Å². The third kappa shape index (κ3) is 3.29. The van der Waals surface area contributed by atoms with Crippen LogP contribution in [0, 0.1) is 0 Å². The van der Waals surface area contributed by atoms with Crippen LogP contribution in [0.2, 0.25) is 0 Å². The highest BCUT2D eigenvalue weighted by atomic mass is 79.9. The zero-order valence-electron chi connectivity index (χ0n) is 13.9. The van der Waals surface area contributed by atoms with Crippen molar-refractivity contribution in [1.82, 2.24) is 10.3 Å². The highest BCUT2D eigenvalue weighted by molar-refractivity contribution is 9.10. The molecule has 0 unspecified atom stereocenters. The second kappa shape index (κ2) is 6.92. The van der Waals surface area contributed by atoms with Crippen LogP contribution in [0.3, 0.4) is 0 Å². The molecule has 1 amide bonds. The number of carbonyl (C=O) groups excluding carboxylic acids is 1. The van der Waals surface area contributed by atoms with Crippen LogP contribution in [0.4, 0.5) is 5.69 Å². The molecule has 0 radical (unpaired) electrons. The van der Waals surface area contributed by atoms with Gasteiger partial charge in [0, 0.05) is 36.2 Å². The zero-order chi connectivity index (χ0) is 17.2. The lowest BCUT2D eigenvalue weighted by atomic mass is 10.2. The molecule has 1 aromatic heterocycles. The third-order valence-corrected chi connectivity index (χ3v) is 5.55.